The van der Waals surface area contributed by atoms with Gasteiger partial charge in [0.05, 0.1) is 11.9 Å². The van der Waals surface area contributed by atoms with Crippen LogP contribution in [0, 0.1) is 0 Å². The van der Waals surface area contributed by atoms with E-state index >= 15 is 0 Å². The van der Waals surface area contributed by atoms with Gasteiger partial charge in [0.1, 0.15) is 15.6 Å². The molecular weight excluding hydrogens is 288 g/mol. The number of hydrogen-bond acceptors (Lipinski definition) is 5. The first-order chi connectivity index (χ1) is 9.73. The van der Waals surface area contributed by atoms with Gasteiger partial charge < -0.3 is 10.5 Å². The standard InChI is InChI=1S/C15H26N2O3S/c1-12(2)20-14-7-5-13(6-8-14)15(11-16)17(3)9-10-21(4,18)19/h5-8,12,15H,9-11,16H2,1-4H3. The number of likely N-dealkylation sites (N-methyl/N-ethyl adjacent to an activating group) is 1. The number of rotatable bonds is 8. The number of ether oxygens (including phenoxy) is 1. The van der Waals surface area contributed by atoms with Crippen molar-refractivity contribution in [3.63, 3.8) is 0 Å². The molecule has 120 valence electrons. The minimum atomic E-state index is -2.97. The van der Waals surface area contributed by atoms with Crippen molar-refractivity contribution in [2.75, 3.05) is 32.1 Å². The van der Waals surface area contributed by atoms with Gasteiger partial charge in [0, 0.05) is 25.4 Å². The highest BCUT2D eigenvalue weighted by molar-refractivity contribution is 7.90. The SMILES string of the molecule is CC(C)Oc1ccc(C(CN)N(C)CCS(C)(=O)=O)cc1. The van der Waals surface area contributed by atoms with Gasteiger partial charge in [0.25, 0.3) is 0 Å². The molecule has 1 aromatic rings. The summed E-state index contributed by atoms with van der Waals surface area (Å²) in [6, 6.07) is 7.79. The molecule has 0 aromatic heterocycles. The molecule has 1 unspecified atom stereocenters. The average Bonchev–Trinajstić information content (AvgIpc) is 2.38. The first kappa shape index (κ1) is 17.9. The van der Waals surface area contributed by atoms with Crippen LogP contribution in [0.2, 0.25) is 0 Å². The third kappa shape index (κ3) is 6.46. The molecule has 1 aromatic carbocycles. The van der Waals surface area contributed by atoms with E-state index in [2.05, 4.69) is 0 Å². The summed E-state index contributed by atoms with van der Waals surface area (Å²) in [5.41, 5.74) is 6.90. The highest BCUT2D eigenvalue weighted by Gasteiger charge is 2.17. The quantitative estimate of drug-likeness (QED) is 0.786. The molecule has 0 aliphatic carbocycles. The molecule has 1 atom stereocenters. The zero-order valence-electron chi connectivity index (χ0n) is 13.2. The topological polar surface area (TPSA) is 72.6 Å². The maximum Gasteiger partial charge on any atom is 0.148 e. The van der Waals surface area contributed by atoms with Crippen molar-refractivity contribution < 1.29 is 13.2 Å². The maximum absolute atomic E-state index is 11.3. The van der Waals surface area contributed by atoms with Crippen LogP contribution in [0.5, 0.6) is 5.75 Å². The Kier molecular flexibility index (Phi) is 6.64. The molecule has 0 aliphatic rings. The summed E-state index contributed by atoms with van der Waals surface area (Å²) >= 11 is 0. The molecule has 0 amide bonds. The maximum atomic E-state index is 11.3. The van der Waals surface area contributed by atoms with E-state index in [-0.39, 0.29) is 17.9 Å². The van der Waals surface area contributed by atoms with E-state index in [4.69, 9.17) is 10.5 Å². The second-order valence-corrected chi connectivity index (χ2v) is 7.86. The normalized spacial score (nSPS) is 13.7. The predicted octanol–water partition coefficient (Wildman–Crippen LogP) is 1.45. The van der Waals surface area contributed by atoms with Gasteiger partial charge in [-0.15, -0.1) is 0 Å². The van der Waals surface area contributed by atoms with Crippen molar-refractivity contribution in [2.24, 2.45) is 5.73 Å². The highest BCUT2D eigenvalue weighted by Crippen LogP contribution is 2.22. The molecule has 0 bridgehead atoms. The second kappa shape index (κ2) is 7.77. The van der Waals surface area contributed by atoms with Gasteiger partial charge in [-0.2, -0.15) is 0 Å². The van der Waals surface area contributed by atoms with Gasteiger partial charge in [-0.25, -0.2) is 8.42 Å². The van der Waals surface area contributed by atoms with Gasteiger partial charge in [-0.05, 0) is 38.6 Å². The molecule has 0 radical (unpaired) electrons. The number of hydrogen-bond donors (Lipinski definition) is 1. The van der Waals surface area contributed by atoms with Crippen molar-refractivity contribution in [2.45, 2.75) is 26.0 Å². The van der Waals surface area contributed by atoms with Crippen molar-refractivity contribution in [1.29, 1.82) is 0 Å². The molecule has 21 heavy (non-hydrogen) atoms. The van der Waals surface area contributed by atoms with E-state index in [9.17, 15) is 8.42 Å². The van der Waals surface area contributed by atoms with Crippen LogP contribution in [0.25, 0.3) is 0 Å². The van der Waals surface area contributed by atoms with Crippen LogP contribution < -0.4 is 10.5 Å². The third-order valence-electron chi connectivity index (χ3n) is 3.21. The smallest absolute Gasteiger partial charge is 0.148 e. The van der Waals surface area contributed by atoms with Crippen molar-refractivity contribution in [3.8, 4) is 5.75 Å². The Morgan fingerprint density at radius 3 is 2.24 bits per heavy atom. The highest BCUT2D eigenvalue weighted by atomic mass is 32.2. The first-order valence-corrected chi connectivity index (χ1v) is 9.13. The Balaban J connectivity index is 2.75. The number of sulfone groups is 1. The molecule has 0 heterocycles. The largest absolute Gasteiger partial charge is 0.491 e. The Morgan fingerprint density at radius 1 is 1.24 bits per heavy atom. The fourth-order valence-corrected chi connectivity index (χ4v) is 2.70. The summed E-state index contributed by atoms with van der Waals surface area (Å²) in [5.74, 6) is 0.956. The molecule has 5 nitrogen and oxygen atoms in total. The van der Waals surface area contributed by atoms with Crippen LogP contribution in [0.3, 0.4) is 0 Å². The molecule has 0 saturated carbocycles. The van der Waals surface area contributed by atoms with E-state index in [1.54, 1.807) is 0 Å². The molecule has 0 fully saturated rings. The Hall–Kier alpha value is -1.11. The Bertz CT molecular complexity index is 526. The van der Waals surface area contributed by atoms with Gasteiger partial charge >= 0.3 is 0 Å². The molecule has 1 rings (SSSR count). The summed E-state index contributed by atoms with van der Waals surface area (Å²) in [6.07, 6.45) is 1.38. The van der Waals surface area contributed by atoms with Crippen LogP contribution in [0.15, 0.2) is 24.3 Å². The van der Waals surface area contributed by atoms with Crippen LogP contribution in [-0.4, -0.2) is 51.6 Å². The number of nitrogens with two attached hydrogens (primary N) is 1. The molecule has 0 aliphatic heterocycles. The summed E-state index contributed by atoms with van der Waals surface area (Å²) < 4.78 is 28.1. The summed E-state index contributed by atoms with van der Waals surface area (Å²) in [7, 11) is -1.08. The van der Waals surface area contributed by atoms with Crippen LogP contribution >= 0.6 is 0 Å². The number of benzene rings is 1. The molecule has 6 heteroatoms. The fourth-order valence-electron chi connectivity index (χ4n) is 2.08. The zero-order valence-corrected chi connectivity index (χ0v) is 14.1. The number of nitrogens with zero attached hydrogens (tertiary/aromatic N) is 1. The van der Waals surface area contributed by atoms with E-state index in [1.165, 1.54) is 6.26 Å². The lowest BCUT2D eigenvalue weighted by molar-refractivity contribution is 0.241. The zero-order chi connectivity index (χ0) is 16.0. The van der Waals surface area contributed by atoms with Crippen molar-refractivity contribution in [1.82, 2.24) is 4.90 Å². The Morgan fingerprint density at radius 2 is 1.81 bits per heavy atom. The van der Waals surface area contributed by atoms with Gasteiger partial charge in [-0.3, -0.25) is 4.90 Å². The van der Waals surface area contributed by atoms with Crippen LogP contribution in [-0.2, 0) is 9.84 Å². The van der Waals surface area contributed by atoms with E-state index in [1.807, 2.05) is 50.1 Å². The van der Waals surface area contributed by atoms with Crippen LogP contribution in [0.4, 0.5) is 0 Å². The van der Waals surface area contributed by atoms with Crippen molar-refractivity contribution in [3.05, 3.63) is 29.8 Å². The van der Waals surface area contributed by atoms with Crippen LogP contribution in [0.1, 0.15) is 25.5 Å². The van der Waals surface area contributed by atoms with Gasteiger partial charge in [-0.1, -0.05) is 12.1 Å². The lowest BCUT2D eigenvalue weighted by atomic mass is 10.1. The summed E-state index contributed by atoms with van der Waals surface area (Å²) in [4.78, 5) is 1.97. The second-order valence-electron chi connectivity index (χ2n) is 5.60. The minimum Gasteiger partial charge on any atom is -0.491 e. The lowest BCUT2D eigenvalue weighted by Crippen LogP contribution is -2.33. The predicted molar refractivity (Wildman–Crippen MR) is 86.3 cm³/mol. The molecule has 0 saturated heterocycles. The van der Waals surface area contributed by atoms with E-state index < -0.39 is 9.84 Å². The summed E-state index contributed by atoms with van der Waals surface area (Å²) in [6.45, 7) is 4.86. The average molecular weight is 314 g/mol. The van der Waals surface area contributed by atoms with E-state index in [0.717, 1.165) is 11.3 Å². The van der Waals surface area contributed by atoms with Gasteiger partial charge in [0.2, 0.25) is 0 Å². The third-order valence-corrected chi connectivity index (χ3v) is 4.13. The van der Waals surface area contributed by atoms with E-state index in [0.29, 0.717) is 13.1 Å². The lowest BCUT2D eigenvalue weighted by Gasteiger charge is -2.27. The van der Waals surface area contributed by atoms with Crippen molar-refractivity contribution >= 4 is 9.84 Å². The minimum absolute atomic E-state index is 0.000139. The molecule has 2 N–H and O–H groups in total. The Labute approximate surface area is 128 Å². The fraction of sp³-hybridized carbons (Fsp3) is 0.600. The monoisotopic (exact) mass is 314 g/mol. The molecule has 0 spiro atoms. The summed E-state index contributed by atoms with van der Waals surface area (Å²) in [5, 5.41) is 0. The molecular formula is C15H26N2O3S. The van der Waals surface area contributed by atoms with Gasteiger partial charge in [0.15, 0.2) is 0 Å². The first-order valence-electron chi connectivity index (χ1n) is 7.07.